The summed E-state index contributed by atoms with van der Waals surface area (Å²) >= 11 is 0. The number of methoxy groups -OCH3 is 1. The SMILES string of the molecule is CCCN(CC(=O)OC)c1cc(C#N)cc(C)n1. The third-order valence-corrected chi connectivity index (χ3v) is 2.43. The number of hydrogen-bond acceptors (Lipinski definition) is 5. The highest BCUT2D eigenvalue weighted by atomic mass is 16.5. The molecule has 5 heteroatoms. The smallest absolute Gasteiger partial charge is 0.325 e. The van der Waals surface area contributed by atoms with Crippen molar-refractivity contribution in [2.45, 2.75) is 20.3 Å². The van der Waals surface area contributed by atoms with Gasteiger partial charge in [0.1, 0.15) is 12.4 Å². The first-order valence-corrected chi connectivity index (χ1v) is 5.81. The number of nitriles is 1. The van der Waals surface area contributed by atoms with Gasteiger partial charge >= 0.3 is 5.97 Å². The zero-order chi connectivity index (χ0) is 13.5. The van der Waals surface area contributed by atoms with E-state index in [0.717, 1.165) is 12.1 Å². The molecule has 0 radical (unpaired) electrons. The molecule has 96 valence electrons. The first-order chi connectivity index (χ1) is 8.60. The first kappa shape index (κ1) is 14.0. The zero-order valence-electron chi connectivity index (χ0n) is 10.9. The lowest BCUT2D eigenvalue weighted by atomic mass is 10.2. The molecule has 5 nitrogen and oxygen atoms in total. The van der Waals surface area contributed by atoms with Crippen LogP contribution >= 0.6 is 0 Å². The number of carbonyl (C=O) groups excluding carboxylic acids is 1. The Balaban J connectivity index is 3.01. The van der Waals surface area contributed by atoms with Gasteiger partial charge in [-0.25, -0.2) is 4.98 Å². The van der Waals surface area contributed by atoms with Gasteiger partial charge in [-0.2, -0.15) is 5.26 Å². The van der Waals surface area contributed by atoms with Crippen LogP contribution in [0.4, 0.5) is 5.82 Å². The van der Waals surface area contributed by atoms with Gasteiger partial charge in [-0.05, 0) is 25.5 Å². The van der Waals surface area contributed by atoms with Gasteiger partial charge in [-0.15, -0.1) is 0 Å². The molecule has 0 bridgehead atoms. The Morgan fingerprint density at radius 3 is 2.83 bits per heavy atom. The molecule has 0 saturated heterocycles. The fraction of sp³-hybridized carbons (Fsp3) is 0.462. The highest BCUT2D eigenvalue weighted by molar-refractivity contribution is 5.75. The van der Waals surface area contributed by atoms with Crippen molar-refractivity contribution in [3.63, 3.8) is 0 Å². The normalized spacial score (nSPS) is 9.67. The molecule has 0 aliphatic carbocycles. The Labute approximate surface area is 107 Å². The maximum Gasteiger partial charge on any atom is 0.325 e. The first-order valence-electron chi connectivity index (χ1n) is 5.81. The van der Waals surface area contributed by atoms with Gasteiger partial charge in [0.05, 0.1) is 18.7 Å². The van der Waals surface area contributed by atoms with Crippen LogP contribution in [0.5, 0.6) is 0 Å². The quantitative estimate of drug-likeness (QED) is 0.740. The van der Waals surface area contributed by atoms with Crippen molar-refractivity contribution in [2.24, 2.45) is 0 Å². The predicted molar refractivity (Wildman–Crippen MR) is 68.2 cm³/mol. The van der Waals surface area contributed by atoms with Gasteiger partial charge in [-0.3, -0.25) is 4.79 Å². The summed E-state index contributed by atoms with van der Waals surface area (Å²) in [5.74, 6) is 0.323. The van der Waals surface area contributed by atoms with Crippen LogP contribution in [0.3, 0.4) is 0 Å². The van der Waals surface area contributed by atoms with E-state index < -0.39 is 0 Å². The van der Waals surface area contributed by atoms with E-state index in [1.54, 1.807) is 12.1 Å². The molecule has 18 heavy (non-hydrogen) atoms. The van der Waals surface area contributed by atoms with Crippen LogP contribution in [0, 0.1) is 18.3 Å². The second-order valence-corrected chi connectivity index (χ2v) is 3.96. The average molecular weight is 247 g/mol. The minimum Gasteiger partial charge on any atom is -0.468 e. The summed E-state index contributed by atoms with van der Waals surface area (Å²) in [4.78, 5) is 17.5. The third kappa shape index (κ3) is 3.74. The molecule has 0 amide bonds. The summed E-state index contributed by atoms with van der Waals surface area (Å²) in [6.07, 6.45) is 0.883. The van der Waals surface area contributed by atoms with Crippen LogP contribution in [-0.2, 0) is 9.53 Å². The molecule has 1 aromatic rings. The molecule has 1 aromatic heterocycles. The molecule has 0 atom stereocenters. The monoisotopic (exact) mass is 247 g/mol. The summed E-state index contributed by atoms with van der Waals surface area (Å²) in [6.45, 7) is 4.68. The number of pyridine rings is 1. The maximum absolute atomic E-state index is 11.4. The zero-order valence-corrected chi connectivity index (χ0v) is 10.9. The number of aromatic nitrogens is 1. The van der Waals surface area contributed by atoms with Crippen molar-refractivity contribution in [3.8, 4) is 6.07 Å². The third-order valence-electron chi connectivity index (χ3n) is 2.43. The van der Waals surface area contributed by atoms with Crippen molar-refractivity contribution >= 4 is 11.8 Å². The number of nitrogens with zero attached hydrogens (tertiary/aromatic N) is 3. The number of carbonyl (C=O) groups is 1. The van der Waals surface area contributed by atoms with Gasteiger partial charge < -0.3 is 9.64 Å². The minimum absolute atomic E-state index is 0.145. The topological polar surface area (TPSA) is 66.2 Å². The Morgan fingerprint density at radius 2 is 2.28 bits per heavy atom. The molecule has 0 aromatic carbocycles. The summed E-state index contributed by atoms with van der Waals surface area (Å²) in [5.41, 5.74) is 1.30. The lowest BCUT2D eigenvalue weighted by molar-refractivity contribution is -0.138. The lowest BCUT2D eigenvalue weighted by Gasteiger charge is -2.22. The number of aryl methyl sites for hydroxylation is 1. The van der Waals surface area contributed by atoms with Crippen molar-refractivity contribution in [1.29, 1.82) is 5.26 Å². The van der Waals surface area contributed by atoms with Gasteiger partial charge in [0.15, 0.2) is 0 Å². The van der Waals surface area contributed by atoms with E-state index in [1.807, 2.05) is 18.7 Å². The summed E-state index contributed by atoms with van der Waals surface area (Å²) in [6, 6.07) is 5.49. The van der Waals surface area contributed by atoms with Gasteiger partial charge in [0, 0.05) is 12.2 Å². The second kappa shape index (κ2) is 6.60. The fourth-order valence-electron chi connectivity index (χ4n) is 1.64. The van der Waals surface area contributed by atoms with Crippen LogP contribution in [0.1, 0.15) is 24.6 Å². The summed E-state index contributed by atoms with van der Waals surface area (Å²) in [5, 5.41) is 8.94. The van der Waals surface area contributed by atoms with E-state index >= 15 is 0 Å². The molecule has 0 fully saturated rings. The van der Waals surface area contributed by atoms with Crippen LogP contribution in [-0.4, -0.2) is 31.2 Å². The average Bonchev–Trinajstić information content (AvgIpc) is 2.37. The lowest BCUT2D eigenvalue weighted by Crippen LogP contribution is -2.32. The van der Waals surface area contributed by atoms with Crippen molar-refractivity contribution in [2.75, 3.05) is 25.1 Å². The van der Waals surface area contributed by atoms with E-state index in [4.69, 9.17) is 5.26 Å². The van der Waals surface area contributed by atoms with Gasteiger partial charge in [0.25, 0.3) is 0 Å². The van der Waals surface area contributed by atoms with Crippen LogP contribution in [0.15, 0.2) is 12.1 Å². The number of hydrogen-bond donors (Lipinski definition) is 0. The molecular weight excluding hydrogens is 230 g/mol. The molecule has 0 aliphatic heterocycles. The Morgan fingerprint density at radius 1 is 1.56 bits per heavy atom. The molecule has 0 saturated carbocycles. The van der Waals surface area contributed by atoms with Crippen LogP contribution in [0.25, 0.3) is 0 Å². The van der Waals surface area contributed by atoms with E-state index in [9.17, 15) is 4.79 Å². The molecule has 0 unspecified atom stereocenters. The molecular formula is C13H17N3O2. The Hall–Kier alpha value is -2.09. The van der Waals surface area contributed by atoms with Crippen molar-refractivity contribution < 1.29 is 9.53 Å². The van der Waals surface area contributed by atoms with Crippen molar-refractivity contribution in [3.05, 3.63) is 23.4 Å². The highest BCUT2D eigenvalue weighted by Crippen LogP contribution is 2.15. The minimum atomic E-state index is -0.315. The molecule has 0 spiro atoms. The van der Waals surface area contributed by atoms with E-state index in [0.29, 0.717) is 17.9 Å². The number of rotatable bonds is 5. The Kier molecular flexibility index (Phi) is 5.12. The highest BCUT2D eigenvalue weighted by Gasteiger charge is 2.13. The Bertz CT molecular complexity index is 466. The van der Waals surface area contributed by atoms with Gasteiger partial charge in [-0.1, -0.05) is 6.92 Å². The summed E-state index contributed by atoms with van der Waals surface area (Å²) in [7, 11) is 1.36. The number of esters is 1. The molecule has 0 N–H and O–H groups in total. The number of anilines is 1. The largest absolute Gasteiger partial charge is 0.468 e. The molecule has 1 rings (SSSR count). The fourth-order valence-corrected chi connectivity index (χ4v) is 1.64. The molecule has 1 heterocycles. The summed E-state index contributed by atoms with van der Waals surface area (Å²) < 4.78 is 4.66. The predicted octanol–water partition coefficient (Wildman–Crippen LogP) is 1.65. The van der Waals surface area contributed by atoms with E-state index in [2.05, 4.69) is 15.8 Å². The van der Waals surface area contributed by atoms with Gasteiger partial charge in [0.2, 0.25) is 0 Å². The molecule has 0 aliphatic rings. The number of ether oxygens (including phenoxy) is 1. The standard InChI is InChI=1S/C13H17N3O2/c1-4-5-16(9-13(17)18-3)12-7-11(8-14)6-10(2)15-12/h6-7H,4-5,9H2,1-3H3. The van der Waals surface area contributed by atoms with E-state index in [1.165, 1.54) is 7.11 Å². The van der Waals surface area contributed by atoms with Crippen LogP contribution in [0.2, 0.25) is 0 Å². The van der Waals surface area contributed by atoms with Crippen LogP contribution < -0.4 is 4.90 Å². The second-order valence-electron chi connectivity index (χ2n) is 3.96. The van der Waals surface area contributed by atoms with E-state index in [-0.39, 0.29) is 12.5 Å². The maximum atomic E-state index is 11.4. The van der Waals surface area contributed by atoms with Crippen molar-refractivity contribution in [1.82, 2.24) is 4.98 Å².